The standard InChI is InChI=1S/C15H19N3OS2/c1-4-10(2)12-7-5-6-8-13(12)16-14(19)9-20-15-18-17-11(3)21-15/h5-8,10H,4,9H2,1-3H3,(H,16,19)/t10-/m0/s1. The lowest BCUT2D eigenvalue weighted by Gasteiger charge is -2.15. The summed E-state index contributed by atoms with van der Waals surface area (Å²) in [6.45, 7) is 6.23. The summed E-state index contributed by atoms with van der Waals surface area (Å²) in [6.07, 6.45) is 1.05. The largest absolute Gasteiger partial charge is 0.325 e. The van der Waals surface area contributed by atoms with Crippen molar-refractivity contribution >= 4 is 34.7 Å². The van der Waals surface area contributed by atoms with Crippen LogP contribution in [0.4, 0.5) is 5.69 Å². The number of hydrogen-bond acceptors (Lipinski definition) is 5. The molecule has 1 heterocycles. The Morgan fingerprint density at radius 2 is 2.14 bits per heavy atom. The summed E-state index contributed by atoms with van der Waals surface area (Å²) in [5.41, 5.74) is 2.09. The number of anilines is 1. The van der Waals surface area contributed by atoms with Crippen molar-refractivity contribution in [1.82, 2.24) is 10.2 Å². The third kappa shape index (κ3) is 4.54. The minimum absolute atomic E-state index is 0.0105. The number of nitrogens with one attached hydrogen (secondary N) is 1. The maximum Gasteiger partial charge on any atom is 0.234 e. The molecule has 21 heavy (non-hydrogen) atoms. The molecular weight excluding hydrogens is 302 g/mol. The lowest BCUT2D eigenvalue weighted by Crippen LogP contribution is -2.15. The lowest BCUT2D eigenvalue weighted by atomic mass is 9.97. The summed E-state index contributed by atoms with van der Waals surface area (Å²) < 4.78 is 0.831. The molecule has 0 aliphatic carbocycles. The van der Waals surface area contributed by atoms with Gasteiger partial charge in [0.1, 0.15) is 5.01 Å². The molecule has 1 atom stereocenters. The van der Waals surface area contributed by atoms with Gasteiger partial charge in [-0.25, -0.2) is 0 Å². The van der Waals surface area contributed by atoms with E-state index in [1.165, 1.54) is 28.7 Å². The molecule has 1 aromatic heterocycles. The van der Waals surface area contributed by atoms with Crippen molar-refractivity contribution in [3.8, 4) is 0 Å². The normalized spacial score (nSPS) is 12.1. The van der Waals surface area contributed by atoms with E-state index in [-0.39, 0.29) is 5.91 Å². The van der Waals surface area contributed by atoms with E-state index in [4.69, 9.17) is 0 Å². The molecule has 2 rings (SSSR count). The van der Waals surface area contributed by atoms with Gasteiger partial charge in [-0.15, -0.1) is 10.2 Å². The van der Waals surface area contributed by atoms with E-state index in [1.54, 1.807) is 0 Å². The number of aromatic nitrogens is 2. The number of para-hydroxylation sites is 1. The smallest absolute Gasteiger partial charge is 0.234 e. The van der Waals surface area contributed by atoms with Crippen LogP contribution in [0.2, 0.25) is 0 Å². The van der Waals surface area contributed by atoms with E-state index in [2.05, 4.69) is 35.4 Å². The zero-order valence-electron chi connectivity index (χ0n) is 12.4. The van der Waals surface area contributed by atoms with Gasteiger partial charge in [-0.1, -0.05) is 55.1 Å². The number of carbonyl (C=O) groups is 1. The highest BCUT2D eigenvalue weighted by Gasteiger charge is 2.12. The van der Waals surface area contributed by atoms with Gasteiger partial charge in [0, 0.05) is 5.69 Å². The number of amides is 1. The predicted molar refractivity (Wildman–Crippen MR) is 89.1 cm³/mol. The highest BCUT2D eigenvalue weighted by atomic mass is 32.2. The number of hydrogen-bond donors (Lipinski definition) is 1. The maximum absolute atomic E-state index is 12.1. The van der Waals surface area contributed by atoms with Gasteiger partial charge in [0.2, 0.25) is 5.91 Å². The zero-order chi connectivity index (χ0) is 15.2. The molecule has 1 N–H and O–H groups in total. The minimum Gasteiger partial charge on any atom is -0.325 e. The molecule has 0 aliphatic rings. The molecule has 1 amide bonds. The van der Waals surface area contributed by atoms with Gasteiger partial charge in [0.15, 0.2) is 4.34 Å². The van der Waals surface area contributed by atoms with Gasteiger partial charge < -0.3 is 5.32 Å². The topological polar surface area (TPSA) is 54.9 Å². The van der Waals surface area contributed by atoms with E-state index < -0.39 is 0 Å². The number of aryl methyl sites for hydroxylation is 1. The summed E-state index contributed by atoms with van der Waals surface area (Å²) in [5, 5.41) is 11.9. The maximum atomic E-state index is 12.1. The van der Waals surface area contributed by atoms with Gasteiger partial charge in [0.05, 0.1) is 5.75 Å². The van der Waals surface area contributed by atoms with Gasteiger partial charge in [-0.3, -0.25) is 4.79 Å². The fourth-order valence-corrected chi connectivity index (χ4v) is 3.53. The van der Waals surface area contributed by atoms with Crippen LogP contribution in [-0.4, -0.2) is 21.9 Å². The molecule has 0 radical (unpaired) electrons. The van der Waals surface area contributed by atoms with Crippen molar-refractivity contribution in [3.63, 3.8) is 0 Å². The van der Waals surface area contributed by atoms with Crippen LogP contribution in [0.15, 0.2) is 28.6 Å². The summed E-state index contributed by atoms with van der Waals surface area (Å²) >= 11 is 2.93. The van der Waals surface area contributed by atoms with Crippen LogP contribution in [0.25, 0.3) is 0 Å². The molecule has 0 spiro atoms. The molecular formula is C15H19N3OS2. The molecule has 2 aromatic rings. The monoisotopic (exact) mass is 321 g/mol. The third-order valence-corrected chi connectivity index (χ3v) is 5.18. The first-order valence-electron chi connectivity index (χ1n) is 6.91. The van der Waals surface area contributed by atoms with Crippen molar-refractivity contribution in [3.05, 3.63) is 34.8 Å². The Morgan fingerprint density at radius 1 is 1.38 bits per heavy atom. The Bertz CT molecular complexity index is 612. The predicted octanol–water partition coefficient (Wildman–Crippen LogP) is 4.09. The third-order valence-electron chi connectivity index (χ3n) is 3.21. The van der Waals surface area contributed by atoms with Crippen LogP contribution in [0.5, 0.6) is 0 Å². The molecule has 6 heteroatoms. The van der Waals surface area contributed by atoms with Gasteiger partial charge >= 0.3 is 0 Å². The average molecular weight is 321 g/mol. The molecule has 1 aromatic carbocycles. The quantitative estimate of drug-likeness (QED) is 0.814. The summed E-state index contributed by atoms with van der Waals surface area (Å²) in [4.78, 5) is 12.1. The zero-order valence-corrected chi connectivity index (χ0v) is 14.1. The van der Waals surface area contributed by atoms with Crippen LogP contribution in [-0.2, 0) is 4.79 Å². The van der Waals surface area contributed by atoms with Crippen molar-refractivity contribution in [2.45, 2.75) is 37.4 Å². The molecule has 0 aliphatic heterocycles. The van der Waals surface area contributed by atoms with Gasteiger partial charge in [-0.05, 0) is 30.9 Å². The Balaban J connectivity index is 1.96. The van der Waals surface area contributed by atoms with Crippen molar-refractivity contribution < 1.29 is 4.79 Å². The van der Waals surface area contributed by atoms with Crippen LogP contribution in [0.1, 0.15) is 36.8 Å². The van der Waals surface area contributed by atoms with Crippen LogP contribution in [0.3, 0.4) is 0 Å². The first kappa shape index (κ1) is 16.0. The number of nitrogens with zero attached hydrogens (tertiary/aromatic N) is 2. The number of thioether (sulfide) groups is 1. The van der Waals surface area contributed by atoms with Crippen molar-refractivity contribution in [2.24, 2.45) is 0 Å². The average Bonchev–Trinajstić information content (AvgIpc) is 2.90. The van der Waals surface area contributed by atoms with E-state index in [9.17, 15) is 4.79 Å². The van der Waals surface area contributed by atoms with Gasteiger partial charge in [0.25, 0.3) is 0 Å². The molecule has 112 valence electrons. The molecule has 0 fully saturated rings. The highest BCUT2D eigenvalue weighted by molar-refractivity contribution is 8.01. The number of benzene rings is 1. The number of carbonyl (C=O) groups excluding carboxylic acids is 1. The van der Waals surface area contributed by atoms with Crippen LogP contribution in [0, 0.1) is 6.92 Å². The first-order chi connectivity index (χ1) is 10.1. The first-order valence-corrected chi connectivity index (χ1v) is 8.72. The second kappa shape index (κ2) is 7.56. The fraction of sp³-hybridized carbons (Fsp3) is 0.400. The van der Waals surface area contributed by atoms with Crippen LogP contribution < -0.4 is 5.32 Å². The van der Waals surface area contributed by atoms with Crippen LogP contribution >= 0.6 is 23.1 Å². The Kier molecular flexibility index (Phi) is 5.76. The molecule has 0 saturated heterocycles. The van der Waals surface area contributed by atoms with Gasteiger partial charge in [-0.2, -0.15) is 0 Å². The summed E-state index contributed by atoms with van der Waals surface area (Å²) in [6, 6.07) is 7.99. The minimum atomic E-state index is -0.0105. The Labute approximate surface area is 133 Å². The van der Waals surface area contributed by atoms with E-state index in [1.807, 2.05) is 25.1 Å². The Hall–Kier alpha value is -1.40. The molecule has 4 nitrogen and oxygen atoms in total. The van der Waals surface area contributed by atoms with E-state index >= 15 is 0 Å². The van der Waals surface area contributed by atoms with E-state index in [0.717, 1.165) is 21.5 Å². The SMILES string of the molecule is CC[C@H](C)c1ccccc1NC(=O)CSc1nnc(C)s1. The molecule has 0 saturated carbocycles. The second-order valence-corrected chi connectivity index (χ2v) is 7.22. The highest BCUT2D eigenvalue weighted by Crippen LogP contribution is 2.27. The van der Waals surface area contributed by atoms with Crippen molar-refractivity contribution in [1.29, 1.82) is 0 Å². The van der Waals surface area contributed by atoms with Crippen molar-refractivity contribution in [2.75, 3.05) is 11.1 Å². The van der Waals surface area contributed by atoms with E-state index in [0.29, 0.717) is 11.7 Å². The Morgan fingerprint density at radius 3 is 2.81 bits per heavy atom. The lowest BCUT2D eigenvalue weighted by molar-refractivity contribution is -0.113. The fourth-order valence-electron chi connectivity index (χ4n) is 1.91. The molecule has 0 bridgehead atoms. The number of rotatable bonds is 6. The second-order valence-electron chi connectivity index (χ2n) is 4.82. The summed E-state index contributed by atoms with van der Waals surface area (Å²) in [7, 11) is 0. The summed E-state index contributed by atoms with van der Waals surface area (Å²) in [5.74, 6) is 0.771. The molecule has 0 unspecified atom stereocenters.